The number of methoxy groups -OCH3 is 2. The van der Waals surface area contributed by atoms with Crippen LogP contribution in [-0.2, 0) is 30.4 Å². The smallest absolute Gasteiger partial charge is 0.407 e. The Balaban J connectivity index is 0.964. The molecule has 16 heteroatoms. The maximum absolute atomic E-state index is 14.3. The van der Waals surface area contributed by atoms with Crippen molar-refractivity contribution in [3.63, 3.8) is 0 Å². The summed E-state index contributed by atoms with van der Waals surface area (Å²) in [6, 6.07) is 12.7. The van der Waals surface area contributed by atoms with Crippen molar-refractivity contribution in [3.8, 4) is 28.1 Å². The summed E-state index contributed by atoms with van der Waals surface area (Å²) < 4.78 is 21.8. The van der Waals surface area contributed by atoms with Crippen LogP contribution in [0, 0.1) is 11.8 Å². The Kier molecular flexibility index (Phi) is 12.0. The first kappa shape index (κ1) is 43.1. The third kappa shape index (κ3) is 7.90. The second-order valence-electron chi connectivity index (χ2n) is 18.0. The lowest BCUT2D eigenvalue weighted by Gasteiger charge is -2.36. The Morgan fingerprint density at radius 2 is 1.59 bits per heavy atom. The van der Waals surface area contributed by atoms with Crippen LogP contribution in [0.1, 0.15) is 102 Å². The molecule has 0 aliphatic carbocycles. The standard InChI is InChI=1S/C48H58N8O8/c1-7-31-11-15-38(56(31)45(57)40(25(2)3)53-47(59)61-5)44-50-35-13-10-28-21-34-32-12-9-29(20-30(32)24-64-39(34)22-33(28)42(35)52-44)36-23-49-43(51-36)37-14-8-26(4)55(37)46(58)41(54-48(60)62-6)27-16-18-63-19-17-27/h9-10,12-13,20-23,25-27,31,37-38,40-41H,7-8,11,14-19,24H2,1-6H3,(H,49,51)(H,50,52)(H,53,59)(H,54,60)/t26-,31-,37-,38-,40?,41-/m0/s1. The quantitative estimate of drug-likeness (QED) is 0.108. The average molecular weight is 875 g/mol. The number of hydrogen-bond acceptors (Lipinski definition) is 10. The highest BCUT2D eigenvalue weighted by Crippen LogP contribution is 2.44. The third-order valence-corrected chi connectivity index (χ3v) is 13.9. The molecular weight excluding hydrogens is 817 g/mol. The molecule has 0 spiro atoms. The number of hydrogen-bond donors (Lipinski definition) is 4. The van der Waals surface area contributed by atoms with E-state index in [1.807, 2.05) is 42.8 Å². The zero-order valence-corrected chi connectivity index (χ0v) is 37.4. The lowest BCUT2D eigenvalue weighted by atomic mass is 9.90. The molecule has 3 saturated heterocycles. The van der Waals surface area contributed by atoms with Gasteiger partial charge in [-0.1, -0.05) is 39.0 Å². The Bertz CT molecular complexity index is 2580. The topological polar surface area (TPSA) is 193 Å². The number of fused-ring (bicyclic) bond motifs is 6. The van der Waals surface area contributed by atoms with E-state index in [0.29, 0.717) is 38.5 Å². The van der Waals surface area contributed by atoms with E-state index in [2.05, 4.69) is 63.9 Å². The van der Waals surface area contributed by atoms with E-state index >= 15 is 0 Å². The van der Waals surface area contributed by atoms with Crippen molar-refractivity contribution >= 4 is 45.8 Å². The SMILES string of the molecule is CC[C@H]1CC[C@@H](c2nc3c(ccc4cc5c(cc43)OCc3cc(-c4cnc([C@@H]6CC[C@H](C)N6C(=O)[C@@H](NC(=O)OC)C6CCOCC6)[nH]4)ccc3-5)[nH]2)N1C(=O)C(NC(=O)OC)C(C)C. The van der Waals surface area contributed by atoms with Crippen molar-refractivity contribution in [3.05, 3.63) is 65.9 Å². The van der Waals surface area contributed by atoms with Gasteiger partial charge in [0, 0.05) is 36.2 Å². The molecule has 5 aromatic rings. The van der Waals surface area contributed by atoms with E-state index < -0.39 is 24.3 Å². The van der Waals surface area contributed by atoms with Crippen molar-refractivity contribution in [2.45, 2.75) is 115 Å². The minimum Gasteiger partial charge on any atom is -0.488 e. The minimum absolute atomic E-state index is 0.0233. The van der Waals surface area contributed by atoms with Crippen molar-refractivity contribution < 1.29 is 38.1 Å². The van der Waals surface area contributed by atoms with Gasteiger partial charge in [0.15, 0.2) is 0 Å². The Morgan fingerprint density at radius 1 is 0.844 bits per heavy atom. The lowest BCUT2D eigenvalue weighted by molar-refractivity contribution is -0.139. The van der Waals surface area contributed by atoms with Gasteiger partial charge >= 0.3 is 12.2 Å². The molecule has 2 aromatic heterocycles. The molecule has 6 heterocycles. The fourth-order valence-corrected chi connectivity index (χ4v) is 10.4. The van der Waals surface area contributed by atoms with E-state index in [1.54, 1.807) is 0 Å². The van der Waals surface area contributed by atoms with Crippen LogP contribution in [-0.4, -0.2) is 105 Å². The number of H-pyrrole nitrogens is 2. The number of ether oxygens (including phenoxy) is 4. The molecule has 0 radical (unpaired) electrons. The number of carbonyl (C=O) groups excluding carboxylic acids is 4. The second-order valence-corrected chi connectivity index (χ2v) is 18.0. The van der Waals surface area contributed by atoms with Gasteiger partial charge in [-0.2, -0.15) is 0 Å². The first-order valence-electron chi connectivity index (χ1n) is 22.7. The predicted molar refractivity (Wildman–Crippen MR) is 239 cm³/mol. The van der Waals surface area contributed by atoms with Gasteiger partial charge in [-0.15, -0.1) is 0 Å². The van der Waals surface area contributed by atoms with Crippen LogP contribution < -0.4 is 15.4 Å². The molecule has 9 rings (SSSR count). The van der Waals surface area contributed by atoms with Crippen LogP contribution in [0.5, 0.6) is 5.75 Å². The monoisotopic (exact) mass is 874 g/mol. The molecule has 0 saturated carbocycles. The van der Waals surface area contributed by atoms with Gasteiger partial charge in [-0.25, -0.2) is 19.6 Å². The fraction of sp³-hybridized carbons (Fsp3) is 0.500. The van der Waals surface area contributed by atoms with Gasteiger partial charge in [-0.3, -0.25) is 9.59 Å². The molecule has 16 nitrogen and oxygen atoms in total. The summed E-state index contributed by atoms with van der Waals surface area (Å²) in [5.41, 5.74) is 6.60. The van der Waals surface area contributed by atoms with Crippen LogP contribution in [0.2, 0.25) is 0 Å². The van der Waals surface area contributed by atoms with Crippen LogP contribution in [0.4, 0.5) is 9.59 Å². The zero-order chi connectivity index (χ0) is 44.8. The van der Waals surface area contributed by atoms with Crippen LogP contribution in [0.15, 0.2) is 48.7 Å². The van der Waals surface area contributed by atoms with E-state index in [1.165, 1.54) is 14.2 Å². The van der Waals surface area contributed by atoms with Gasteiger partial charge < -0.3 is 49.3 Å². The number of imidazole rings is 2. The van der Waals surface area contributed by atoms with Crippen molar-refractivity contribution in [2.24, 2.45) is 11.8 Å². The zero-order valence-electron chi connectivity index (χ0n) is 37.4. The highest BCUT2D eigenvalue weighted by molar-refractivity contribution is 6.07. The van der Waals surface area contributed by atoms with Crippen LogP contribution >= 0.6 is 0 Å². The normalized spacial score (nSPS) is 21.9. The molecule has 0 bridgehead atoms. The third-order valence-electron chi connectivity index (χ3n) is 13.9. The summed E-state index contributed by atoms with van der Waals surface area (Å²) in [6.07, 6.45) is 5.89. The average Bonchev–Trinajstić information content (AvgIpc) is 4.14. The molecular formula is C48H58N8O8. The van der Waals surface area contributed by atoms with Gasteiger partial charge in [0.1, 0.15) is 36.1 Å². The number of aromatic nitrogens is 4. The summed E-state index contributed by atoms with van der Waals surface area (Å²) >= 11 is 0. The van der Waals surface area contributed by atoms with Crippen LogP contribution in [0.3, 0.4) is 0 Å². The number of nitrogens with zero attached hydrogens (tertiary/aromatic N) is 4. The van der Waals surface area contributed by atoms with Gasteiger partial charge in [0.2, 0.25) is 11.8 Å². The molecule has 3 aromatic carbocycles. The molecule has 4 aliphatic rings. The molecule has 338 valence electrons. The second kappa shape index (κ2) is 17.8. The number of amides is 4. The molecule has 1 unspecified atom stereocenters. The number of rotatable bonds is 10. The molecule has 64 heavy (non-hydrogen) atoms. The maximum atomic E-state index is 14.3. The Labute approximate surface area is 372 Å². The van der Waals surface area contributed by atoms with E-state index in [-0.39, 0.29) is 47.8 Å². The summed E-state index contributed by atoms with van der Waals surface area (Å²) in [7, 11) is 2.61. The van der Waals surface area contributed by atoms with E-state index in [0.717, 1.165) is 93.4 Å². The number of aromatic amines is 2. The predicted octanol–water partition coefficient (Wildman–Crippen LogP) is 7.69. The number of alkyl carbamates (subject to hydrolysis) is 2. The van der Waals surface area contributed by atoms with E-state index in [4.69, 9.17) is 28.9 Å². The number of benzene rings is 3. The highest BCUT2D eigenvalue weighted by Gasteiger charge is 2.44. The van der Waals surface area contributed by atoms with Crippen molar-refractivity contribution in [2.75, 3.05) is 27.4 Å². The molecule has 3 fully saturated rings. The van der Waals surface area contributed by atoms with Crippen LogP contribution in [0.25, 0.3) is 44.2 Å². The lowest BCUT2D eigenvalue weighted by Crippen LogP contribution is -2.54. The summed E-state index contributed by atoms with van der Waals surface area (Å²) in [4.78, 5) is 73.9. The largest absolute Gasteiger partial charge is 0.488 e. The van der Waals surface area contributed by atoms with Crippen molar-refractivity contribution in [1.29, 1.82) is 0 Å². The summed E-state index contributed by atoms with van der Waals surface area (Å²) in [5, 5.41) is 7.57. The van der Waals surface area contributed by atoms with Gasteiger partial charge in [0.25, 0.3) is 0 Å². The molecule has 6 atom stereocenters. The molecule has 4 amide bonds. The first-order chi connectivity index (χ1) is 31.0. The first-order valence-corrected chi connectivity index (χ1v) is 22.7. The summed E-state index contributed by atoms with van der Waals surface area (Å²) in [6.45, 7) is 9.44. The van der Waals surface area contributed by atoms with Gasteiger partial charge in [-0.05, 0) is 110 Å². The number of carbonyl (C=O) groups is 4. The van der Waals surface area contributed by atoms with Crippen molar-refractivity contribution in [1.82, 2.24) is 40.4 Å². The highest BCUT2D eigenvalue weighted by atomic mass is 16.5. The fourth-order valence-electron chi connectivity index (χ4n) is 10.4. The van der Waals surface area contributed by atoms with E-state index in [9.17, 15) is 19.2 Å². The Hall–Kier alpha value is -6.16. The van der Waals surface area contributed by atoms with Gasteiger partial charge in [0.05, 0.1) is 49.2 Å². The molecule has 4 N–H and O–H groups in total. The molecule has 4 aliphatic heterocycles. The maximum Gasteiger partial charge on any atom is 0.407 e. The minimum atomic E-state index is -0.726. The number of nitrogens with one attached hydrogen (secondary N) is 4. The Morgan fingerprint density at radius 3 is 2.34 bits per heavy atom. The summed E-state index contributed by atoms with van der Waals surface area (Å²) in [5.74, 6) is 1.76. The number of likely N-dealkylation sites (tertiary alicyclic amines) is 2.